The Bertz CT molecular complexity index is 615. The van der Waals surface area contributed by atoms with Gasteiger partial charge in [0.1, 0.15) is 0 Å². The highest BCUT2D eigenvalue weighted by molar-refractivity contribution is 6.31. The van der Waals surface area contributed by atoms with Gasteiger partial charge < -0.3 is 0 Å². The second-order valence-corrected chi connectivity index (χ2v) is 5.52. The van der Waals surface area contributed by atoms with E-state index in [4.69, 9.17) is 17.4 Å². The molecule has 2 aromatic heterocycles. The van der Waals surface area contributed by atoms with E-state index in [1.165, 1.54) is 0 Å². The molecule has 2 heterocycles. The Hall–Kier alpha value is -1.37. The van der Waals surface area contributed by atoms with Crippen LogP contribution in [0.1, 0.15) is 42.5 Å². The average molecular weight is 311 g/mol. The van der Waals surface area contributed by atoms with Crippen LogP contribution in [0.3, 0.4) is 0 Å². The topological polar surface area (TPSA) is 73.7 Å². The van der Waals surface area contributed by atoms with E-state index >= 15 is 0 Å². The summed E-state index contributed by atoms with van der Waals surface area (Å²) < 4.78 is 3.75. The maximum atomic E-state index is 6.47. The minimum Gasteiger partial charge on any atom is -0.275 e. The molecule has 0 aliphatic heterocycles. The summed E-state index contributed by atoms with van der Waals surface area (Å²) >= 11 is 6.47. The van der Waals surface area contributed by atoms with Crippen LogP contribution < -0.4 is 11.3 Å². The van der Waals surface area contributed by atoms with Crippen molar-refractivity contribution in [3.8, 4) is 0 Å². The molecule has 6 nitrogen and oxygen atoms in total. The molecule has 21 heavy (non-hydrogen) atoms. The summed E-state index contributed by atoms with van der Waals surface area (Å²) in [7, 11) is 1.91. The van der Waals surface area contributed by atoms with Crippen LogP contribution in [0.25, 0.3) is 0 Å². The summed E-state index contributed by atoms with van der Waals surface area (Å²) in [5.41, 5.74) is 6.88. The third-order valence-corrected chi connectivity index (χ3v) is 4.16. The van der Waals surface area contributed by atoms with Crippen molar-refractivity contribution in [2.24, 2.45) is 12.9 Å². The molecule has 0 aromatic carbocycles. The second-order valence-electron chi connectivity index (χ2n) is 5.14. The smallest absolute Gasteiger partial charge is 0.0850 e. The number of rotatable bonds is 6. The van der Waals surface area contributed by atoms with Gasteiger partial charge in [0, 0.05) is 31.8 Å². The minimum atomic E-state index is -0.0390. The number of nitrogens with one attached hydrogen (secondary N) is 1. The van der Waals surface area contributed by atoms with E-state index in [2.05, 4.69) is 29.5 Å². The van der Waals surface area contributed by atoms with Gasteiger partial charge in [-0.2, -0.15) is 10.2 Å². The quantitative estimate of drug-likeness (QED) is 0.631. The molecule has 0 fully saturated rings. The monoisotopic (exact) mass is 310 g/mol. The van der Waals surface area contributed by atoms with E-state index in [9.17, 15) is 0 Å². The molecule has 2 rings (SSSR count). The summed E-state index contributed by atoms with van der Waals surface area (Å²) in [6.45, 7) is 6.89. The van der Waals surface area contributed by atoms with Crippen LogP contribution in [0.5, 0.6) is 0 Å². The first-order valence-corrected chi connectivity index (χ1v) is 7.59. The second kappa shape index (κ2) is 6.60. The van der Waals surface area contributed by atoms with Crippen LogP contribution >= 0.6 is 11.6 Å². The van der Waals surface area contributed by atoms with Gasteiger partial charge in [0.05, 0.1) is 28.1 Å². The van der Waals surface area contributed by atoms with Gasteiger partial charge in [-0.25, -0.2) is 0 Å². The van der Waals surface area contributed by atoms with E-state index in [1.54, 1.807) is 4.68 Å². The van der Waals surface area contributed by atoms with Crippen LogP contribution in [0.15, 0.2) is 6.20 Å². The predicted octanol–water partition coefficient (Wildman–Crippen LogP) is 1.91. The molecule has 116 valence electrons. The fraction of sp³-hybridized carbons (Fsp3) is 0.571. The summed E-state index contributed by atoms with van der Waals surface area (Å²) in [6, 6.07) is -0.0390. The molecular formula is C14H23ClN6. The van der Waals surface area contributed by atoms with Crippen LogP contribution in [0.4, 0.5) is 0 Å². The Labute approximate surface area is 130 Å². The largest absolute Gasteiger partial charge is 0.275 e. The molecule has 7 heteroatoms. The van der Waals surface area contributed by atoms with Crippen molar-refractivity contribution in [3.05, 3.63) is 33.9 Å². The predicted molar refractivity (Wildman–Crippen MR) is 84.0 cm³/mol. The van der Waals surface area contributed by atoms with Gasteiger partial charge in [-0.05, 0) is 20.3 Å². The zero-order valence-corrected chi connectivity index (χ0v) is 13.8. The van der Waals surface area contributed by atoms with E-state index in [1.807, 2.05) is 24.9 Å². The zero-order valence-electron chi connectivity index (χ0n) is 13.0. The Kier molecular flexibility index (Phi) is 5.03. The standard InChI is InChI=1S/C14H23ClN6/c1-5-11-14(15)13(21(6-2)19-11)7-12(17-16)10-8-20(4)18-9(10)3/h8,12,17H,5-7,16H2,1-4H3. The summed E-state index contributed by atoms with van der Waals surface area (Å²) in [5, 5.41) is 9.68. The van der Waals surface area contributed by atoms with Crippen molar-refractivity contribution < 1.29 is 0 Å². The van der Waals surface area contributed by atoms with E-state index < -0.39 is 0 Å². The number of hydrogen-bond acceptors (Lipinski definition) is 4. The number of hydrogen-bond donors (Lipinski definition) is 2. The Morgan fingerprint density at radius 3 is 2.57 bits per heavy atom. The van der Waals surface area contributed by atoms with Crippen LogP contribution in [-0.2, 0) is 26.4 Å². The molecular weight excluding hydrogens is 288 g/mol. The Morgan fingerprint density at radius 1 is 1.38 bits per heavy atom. The number of halogens is 1. The molecule has 0 spiro atoms. The van der Waals surface area contributed by atoms with Gasteiger partial charge in [-0.1, -0.05) is 18.5 Å². The summed E-state index contributed by atoms with van der Waals surface area (Å²) in [4.78, 5) is 0. The van der Waals surface area contributed by atoms with E-state index in [0.29, 0.717) is 6.42 Å². The van der Waals surface area contributed by atoms with Crippen molar-refractivity contribution in [3.63, 3.8) is 0 Å². The van der Waals surface area contributed by atoms with Crippen molar-refractivity contribution >= 4 is 11.6 Å². The minimum absolute atomic E-state index is 0.0390. The molecule has 3 N–H and O–H groups in total. The first kappa shape index (κ1) is 16.0. The summed E-state index contributed by atoms with van der Waals surface area (Å²) in [6.07, 6.45) is 3.50. The van der Waals surface area contributed by atoms with Gasteiger partial charge in [0.25, 0.3) is 0 Å². The highest BCUT2D eigenvalue weighted by atomic mass is 35.5. The normalized spacial score (nSPS) is 12.9. The zero-order chi connectivity index (χ0) is 15.6. The van der Waals surface area contributed by atoms with Crippen LogP contribution in [-0.4, -0.2) is 19.6 Å². The molecule has 0 radical (unpaired) electrons. The average Bonchev–Trinajstić information content (AvgIpc) is 2.95. The lowest BCUT2D eigenvalue weighted by atomic mass is 10.0. The SMILES string of the molecule is CCc1nn(CC)c(CC(NN)c2cn(C)nc2C)c1Cl. The Morgan fingerprint density at radius 2 is 2.10 bits per heavy atom. The third-order valence-electron chi connectivity index (χ3n) is 3.72. The number of hydrazine groups is 1. The number of aromatic nitrogens is 4. The molecule has 0 saturated carbocycles. The van der Waals surface area contributed by atoms with Gasteiger partial charge in [0.2, 0.25) is 0 Å². The van der Waals surface area contributed by atoms with Gasteiger partial charge in [0.15, 0.2) is 0 Å². The van der Waals surface area contributed by atoms with E-state index in [0.717, 1.165) is 40.6 Å². The highest BCUT2D eigenvalue weighted by Crippen LogP contribution is 2.27. The van der Waals surface area contributed by atoms with Gasteiger partial charge in [-0.3, -0.25) is 20.6 Å². The molecule has 0 saturated heterocycles. The maximum Gasteiger partial charge on any atom is 0.0850 e. The number of aryl methyl sites for hydroxylation is 4. The third kappa shape index (κ3) is 3.12. The number of nitrogens with two attached hydrogens (primary N) is 1. The maximum absolute atomic E-state index is 6.47. The lowest BCUT2D eigenvalue weighted by Gasteiger charge is -2.16. The first-order chi connectivity index (χ1) is 10.0. The van der Waals surface area contributed by atoms with Crippen LogP contribution in [0, 0.1) is 6.92 Å². The lowest BCUT2D eigenvalue weighted by molar-refractivity contribution is 0.515. The summed E-state index contributed by atoms with van der Waals surface area (Å²) in [5.74, 6) is 5.75. The molecule has 0 amide bonds. The molecule has 0 aliphatic rings. The van der Waals surface area contributed by atoms with Crippen molar-refractivity contribution in [1.82, 2.24) is 25.0 Å². The first-order valence-electron chi connectivity index (χ1n) is 7.22. The molecule has 1 atom stereocenters. The van der Waals surface area contributed by atoms with Crippen molar-refractivity contribution in [2.45, 2.75) is 46.2 Å². The molecule has 2 aromatic rings. The lowest BCUT2D eigenvalue weighted by Crippen LogP contribution is -2.30. The highest BCUT2D eigenvalue weighted by Gasteiger charge is 2.21. The van der Waals surface area contributed by atoms with Gasteiger partial charge >= 0.3 is 0 Å². The fourth-order valence-corrected chi connectivity index (χ4v) is 2.97. The molecule has 0 aliphatic carbocycles. The van der Waals surface area contributed by atoms with Gasteiger partial charge in [-0.15, -0.1) is 0 Å². The van der Waals surface area contributed by atoms with E-state index in [-0.39, 0.29) is 6.04 Å². The van der Waals surface area contributed by atoms with Crippen molar-refractivity contribution in [1.29, 1.82) is 0 Å². The fourth-order valence-electron chi connectivity index (χ4n) is 2.62. The molecule has 1 unspecified atom stereocenters. The van der Waals surface area contributed by atoms with Crippen molar-refractivity contribution in [2.75, 3.05) is 0 Å². The molecule has 0 bridgehead atoms. The number of nitrogens with zero attached hydrogens (tertiary/aromatic N) is 4. The Balaban J connectivity index is 2.35. The van der Waals surface area contributed by atoms with Crippen LogP contribution in [0.2, 0.25) is 5.02 Å².